The smallest absolute Gasteiger partial charge is 0.325 e. The first-order chi connectivity index (χ1) is 11.4. The molecule has 1 aliphatic rings. The SMILES string of the molecule is CC[C@]1(c2ccccc2)NC(=O)N(CC(=O)N[C@@H](C)COC)C1=O. The number of rotatable bonds is 7. The van der Waals surface area contributed by atoms with Crippen LogP contribution in [0.15, 0.2) is 30.3 Å². The van der Waals surface area contributed by atoms with Gasteiger partial charge in [0.1, 0.15) is 12.1 Å². The molecule has 130 valence electrons. The van der Waals surface area contributed by atoms with Crippen molar-refractivity contribution < 1.29 is 19.1 Å². The lowest BCUT2D eigenvalue weighted by Crippen LogP contribution is -2.46. The van der Waals surface area contributed by atoms with Gasteiger partial charge in [-0.05, 0) is 18.9 Å². The number of urea groups is 1. The van der Waals surface area contributed by atoms with E-state index in [2.05, 4.69) is 10.6 Å². The lowest BCUT2D eigenvalue weighted by Gasteiger charge is -2.25. The van der Waals surface area contributed by atoms with E-state index in [-0.39, 0.29) is 12.6 Å². The molecule has 1 aliphatic heterocycles. The Labute approximate surface area is 141 Å². The monoisotopic (exact) mass is 333 g/mol. The first-order valence-electron chi connectivity index (χ1n) is 7.92. The van der Waals surface area contributed by atoms with Crippen LogP contribution in [0.3, 0.4) is 0 Å². The summed E-state index contributed by atoms with van der Waals surface area (Å²) in [5.41, 5.74) is -0.405. The van der Waals surface area contributed by atoms with Crippen molar-refractivity contribution in [3.05, 3.63) is 35.9 Å². The maximum Gasteiger partial charge on any atom is 0.325 e. The molecular weight excluding hydrogens is 310 g/mol. The second-order valence-corrected chi connectivity index (χ2v) is 5.87. The van der Waals surface area contributed by atoms with Crippen LogP contribution in [-0.4, -0.2) is 49.0 Å². The van der Waals surface area contributed by atoms with Gasteiger partial charge in [-0.25, -0.2) is 4.79 Å². The largest absolute Gasteiger partial charge is 0.383 e. The van der Waals surface area contributed by atoms with Gasteiger partial charge in [0.05, 0.1) is 6.61 Å². The molecule has 0 radical (unpaired) electrons. The van der Waals surface area contributed by atoms with Gasteiger partial charge in [0.25, 0.3) is 5.91 Å². The van der Waals surface area contributed by atoms with Crippen LogP contribution in [-0.2, 0) is 19.9 Å². The topological polar surface area (TPSA) is 87.7 Å². The molecule has 1 aromatic rings. The summed E-state index contributed by atoms with van der Waals surface area (Å²) in [6.07, 6.45) is 0.403. The predicted octanol–water partition coefficient (Wildman–Crippen LogP) is 0.995. The van der Waals surface area contributed by atoms with Gasteiger partial charge in [-0.2, -0.15) is 0 Å². The number of methoxy groups -OCH3 is 1. The number of imide groups is 1. The van der Waals surface area contributed by atoms with Crippen molar-refractivity contribution in [1.82, 2.24) is 15.5 Å². The minimum Gasteiger partial charge on any atom is -0.383 e. The Morgan fingerprint density at radius 3 is 2.58 bits per heavy atom. The highest BCUT2D eigenvalue weighted by atomic mass is 16.5. The average molecular weight is 333 g/mol. The second kappa shape index (κ2) is 7.44. The number of nitrogens with one attached hydrogen (secondary N) is 2. The van der Waals surface area contributed by atoms with Crippen LogP contribution in [0.4, 0.5) is 4.79 Å². The highest BCUT2D eigenvalue weighted by Gasteiger charge is 2.51. The van der Waals surface area contributed by atoms with Crippen LogP contribution in [0.5, 0.6) is 0 Å². The van der Waals surface area contributed by atoms with E-state index in [9.17, 15) is 14.4 Å². The molecule has 0 unspecified atom stereocenters. The standard InChI is InChI=1S/C17H23N3O4/c1-4-17(13-8-6-5-7-9-13)15(22)20(16(23)19-17)10-14(21)18-12(2)11-24-3/h5-9,12H,4,10-11H2,1-3H3,(H,18,21)(H,19,23)/t12-,17+/m0/s1. The second-order valence-electron chi connectivity index (χ2n) is 5.87. The van der Waals surface area contributed by atoms with Gasteiger partial charge < -0.3 is 15.4 Å². The number of amides is 4. The Kier molecular flexibility index (Phi) is 5.56. The number of carbonyl (C=O) groups is 3. The number of hydrogen-bond acceptors (Lipinski definition) is 4. The van der Waals surface area contributed by atoms with Crippen molar-refractivity contribution in [2.75, 3.05) is 20.3 Å². The summed E-state index contributed by atoms with van der Waals surface area (Å²) in [5.74, 6) is -0.807. The number of nitrogens with zero attached hydrogens (tertiary/aromatic N) is 1. The van der Waals surface area contributed by atoms with Crippen LogP contribution in [0.2, 0.25) is 0 Å². The third-order valence-corrected chi connectivity index (χ3v) is 4.10. The molecule has 2 rings (SSSR count). The summed E-state index contributed by atoms with van der Waals surface area (Å²) in [7, 11) is 1.54. The molecule has 0 aromatic heterocycles. The van der Waals surface area contributed by atoms with Crippen LogP contribution < -0.4 is 10.6 Å². The number of hydrogen-bond donors (Lipinski definition) is 2. The molecule has 0 saturated carbocycles. The van der Waals surface area contributed by atoms with E-state index in [1.807, 2.05) is 25.1 Å². The van der Waals surface area contributed by atoms with E-state index in [0.717, 1.165) is 4.90 Å². The van der Waals surface area contributed by atoms with Gasteiger partial charge in [-0.1, -0.05) is 37.3 Å². The Morgan fingerprint density at radius 2 is 2.00 bits per heavy atom. The Hall–Kier alpha value is -2.41. The maximum atomic E-state index is 12.9. The van der Waals surface area contributed by atoms with E-state index >= 15 is 0 Å². The molecule has 1 aromatic carbocycles. The molecule has 7 heteroatoms. The van der Waals surface area contributed by atoms with Crippen LogP contribution in [0.1, 0.15) is 25.8 Å². The summed E-state index contributed by atoms with van der Waals surface area (Å²) in [4.78, 5) is 38.2. The zero-order chi connectivity index (χ0) is 17.7. The van der Waals surface area contributed by atoms with Gasteiger partial charge in [0.15, 0.2) is 0 Å². The molecule has 1 fully saturated rings. The predicted molar refractivity (Wildman–Crippen MR) is 88.1 cm³/mol. The quantitative estimate of drug-likeness (QED) is 0.729. The molecule has 2 N–H and O–H groups in total. The van der Waals surface area contributed by atoms with Crippen molar-refractivity contribution in [2.45, 2.75) is 31.8 Å². The molecule has 0 bridgehead atoms. The highest BCUT2D eigenvalue weighted by Crippen LogP contribution is 2.32. The Bertz CT molecular complexity index is 620. The molecular formula is C17H23N3O4. The van der Waals surface area contributed by atoms with Gasteiger partial charge in [-0.3, -0.25) is 14.5 Å². The third kappa shape index (κ3) is 3.41. The molecule has 7 nitrogen and oxygen atoms in total. The summed E-state index contributed by atoms with van der Waals surface area (Å²) in [6.45, 7) is 3.66. The molecule has 1 saturated heterocycles. The highest BCUT2D eigenvalue weighted by molar-refractivity contribution is 6.09. The lowest BCUT2D eigenvalue weighted by atomic mass is 9.87. The van der Waals surface area contributed by atoms with Crippen molar-refractivity contribution >= 4 is 17.8 Å². The molecule has 4 amide bonds. The fourth-order valence-corrected chi connectivity index (χ4v) is 2.89. The van der Waals surface area contributed by atoms with E-state index in [0.29, 0.717) is 18.6 Å². The minimum absolute atomic E-state index is 0.201. The van der Waals surface area contributed by atoms with Gasteiger partial charge in [-0.15, -0.1) is 0 Å². The first-order valence-corrected chi connectivity index (χ1v) is 7.92. The zero-order valence-corrected chi connectivity index (χ0v) is 14.2. The fourth-order valence-electron chi connectivity index (χ4n) is 2.89. The van der Waals surface area contributed by atoms with Gasteiger partial charge >= 0.3 is 6.03 Å². The molecule has 0 spiro atoms. The summed E-state index contributed by atoms with van der Waals surface area (Å²) in [6, 6.07) is 8.31. The van der Waals surface area contributed by atoms with Gasteiger partial charge in [0, 0.05) is 13.2 Å². The number of benzene rings is 1. The van der Waals surface area contributed by atoms with E-state index in [1.165, 1.54) is 7.11 Å². The zero-order valence-electron chi connectivity index (χ0n) is 14.2. The lowest BCUT2D eigenvalue weighted by molar-refractivity contribution is -0.135. The molecule has 24 heavy (non-hydrogen) atoms. The first kappa shape index (κ1) is 17.9. The molecule has 2 atom stereocenters. The summed E-state index contributed by atoms with van der Waals surface area (Å²) >= 11 is 0. The minimum atomic E-state index is -1.11. The van der Waals surface area contributed by atoms with Gasteiger partial charge in [0.2, 0.25) is 5.91 Å². The van der Waals surface area contributed by atoms with Crippen LogP contribution >= 0.6 is 0 Å². The van der Waals surface area contributed by atoms with Crippen LogP contribution in [0.25, 0.3) is 0 Å². The van der Waals surface area contributed by atoms with Crippen LogP contribution in [0, 0.1) is 0 Å². The Morgan fingerprint density at radius 1 is 1.33 bits per heavy atom. The van der Waals surface area contributed by atoms with Crippen molar-refractivity contribution in [3.8, 4) is 0 Å². The number of carbonyl (C=O) groups excluding carboxylic acids is 3. The van der Waals surface area contributed by atoms with Crippen molar-refractivity contribution in [3.63, 3.8) is 0 Å². The maximum absolute atomic E-state index is 12.9. The summed E-state index contributed by atoms with van der Waals surface area (Å²) in [5, 5.41) is 5.45. The van der Waals surface area contributed by atoms with Crippen molar-refractivity contribution in [2.24, 2.45) is 0 Å². The third-order valence-electron chi connectivity index (χ3n) is 4.10. The van der Waals surface area contributed by atoms with E-state index in [1.54, 1.807) is 19.1 Å². The number of ether oxygens (including phenoxy) is 1. The summed E-state index contributed by atoms with van der Waals surface area (Å²) < 4.78 is 4.95. The average Bonchev–Trinajstić information content (AvgIpc) is 2.81. The Balaban J connectivity index is 2.15. The molecule has 1 heterocycles. The van der Waals surface area contributed by atoms with E-state index in [4.69, 9.17) is 4.74 Å². The van der Waals surface area contributed by atoms with Crippen molar-refractivity contribution in [1.29, 1.82) is 0 Å². The molecule has 0 aliphatic carbocycles. The van der Waals surface area contributed by atoms with E-state index < -0.39 is 23.4 Å². The normalized spacial score (nSPS) is 21.5. The fraction of sp³-hybridized carbons (Fsp3) is 0.471.